The molecule has 39 heavy (non-hydrogen) atoms. The van der Waals surface area contributed by atoms with E-state index in [1.165, 1.54) is 24.3 Å². The number of hydrogen-bond acceptors (Lipinski definition) is 5. The van der Waals surface area contributed by atoms with Crippen molar-refractivity contribution in [2.75, 3.05) is 11.5 Å². The van der Waals surface area contributed by atoms with Crippen molar-refractivity contribution >= 4 is 17.5 Å². The van der Waals surface area contributed by atoms with Crippen LogP contribution in [0.1, 0.15) is 16.7 Å². The first-order valence-corrected chi connectivity index (χ1v) is 12.1. The minimum Gasteiger partial charge on any atom is -0.489 e. The largest absolute Gasteiger partial charge is 0.489 e. The smallest absolute Gasteiger partial charge is 0.278 e. The maximum atomic E-state index is 14.6. The van der Waals surface area contributed by atoms with Crippen molar-refractivity contribution < 1.29 is 23.2 Å². The van der Waals surface area contributed by atoms with E-state index in [4.69, 9.17) is 9.47 Å². The topological polar surface area (TPSA) is 64.8 Å². The lowest BCUT2D eigenvalue weighted by Gasteiger charge is -2.27. The average molecular weight is 529 g/mol. The minimum atomic E-state index is -0.700. The number of nitro benzene ring substituents is 1. The molecule has 0 aliphatic heterocycles. The lowest BCUT2D eigenvalue weighted by atomic mass is 10.1. The van der Waals surface area contributed by atoms with Crippen LogP contribution in [0, 0.1) is 21.7 Å². The highest BCUT2D eigenvalue weighted by molar-refractivity contribution is 5.74. The predicted molar refractivity (Wildman–Crippen MR) is 148 cm³/mol. The summed E-state index contributed by atoms with van der Waals surface area (Å²) >= 11 is 0. The number of hydrogen-bond donors (Lipinski definition) is 0. The molecule has 0 heterocycles. The van der Waals surface area contributed by atoms with Gasteiger partial charge in [0.15, 0.2) is 0 Å². The van der Waals surface area contributed by atoms with E-state index in [2.05, 4.69) is 13.2 Å². The Morgan fingerprint density at radius 3 is 2.31 bits per heavy atom. The molecule has 0 saturated carbocycles. The molecule has 0 amide bonds. The first-order valence-electron chi connectivity index (χ1n) is 12.1. The third-order valence-electron chi connectivity index (χ3n) is 5.88. The van der Waals surface area contributed by atoms with Gasteiger partial charge in [-0.3, -0.25) is 10.1 Å². The van der Waals surface area contributed by atoms with E-state index < -0.39 is 16.6 Å². The summed E-state index contributed by atoms with van der Waals surface area (Å²) in [6.45, 7) is 8.10. The average Bonchev–Trinajstić information content (AvgIpc) is 2.93. The highest BCUT2D eigenvalue weighted by Gasteiger charge is 2.20. The molecule has 0 atom stereocenters. The van der Waals surface area contributed by atoms with E-state index in [0.29, 0.717) is 35.1 Å². The van der Waals surface area contributed by atoms with Crippen molar-refractivity contribution in [3.8, 4) is 17.2 Å². The third kappa shape index (κ3) is 6.87. The molecule has 0 fully saturated rings. The van der Waals surface area contributed by atoms with Crippen LogP contribution in [-0.2, 0) is 13.1 Å². The van der Waals surface area contributed by atoms with Gasteiger partial charge in [0.05, 0.1) is 16.2 Å². The van der Waals surface area contributed by atoms with Crippen LogP contribution in [0.2, 0.25) is 0 Å². The van der Waals surface area contributed by atoms with Crippen LogP contribution in [-0.4, -0.2) is 11.5 Å². The van der Waals surface area contributed by atoms with Crippen LogP contribution in [0.3, 0.4) is 0 Å². The lowest BCUT2D eigenvalue weighted by Crippen LogP contribution is -2.24. The van der Waals surface area contributed by atoms with Gasteiger partial charge >= 0.3 is 0 Å². The second kappa shape index (κ2) is 12.5. The van der Waals surface area contributed by atoms with E-state index in [1.54, 1.807) is 41.3 Å². The summed E-state index contributed by atoms with van der Waals surface area (Å²) < 4.78 is 39.6. The molecule has 0 unspecified atom stereocenters. The van der Waals surface area contributed by atoms with Gasteiger partial charge in [0.2, 0.25) is 0 Å². The van der Waals surface area contributed by atoms with Gasteiger partial charge in [0, 0.05) is 36.9 Å². The number of ether oxygens (including phenoxy) is 2. The molecule has 198 valence electrons. The maximum Gasteiger partial charge on any atom is 0.278 e. The molecule has 8 heteroatoms. The molecule has 4 aromatic carbocycles. The Hall–Kier alpha value is -4.98. The summed E-state index contributed by atoms with van der Waals surface area (Å²) in [6, 6.07) is 22.6. The summed E-state index contributed by atoms with van der Waals surface area (Å²) in [5, 5.41) is 11.6. The molecule has 0 spiro atoms. The molecule has 4 rings (SSSR count). The number of anilines is 1. The number of nitrogens with zero attached hydrogens (tertiary/aromatic N) is 2. The van der Waals surface area contributed by atoms with E-state index >= 15 is 0 Å². The summed E-state index contributed by atoms with van der Waals surface area (Å²) in [4.78, 5) is 12.9. The second-order valence-corrected chi connectivity index (χ2v) is 8.58. The van der Waals surface area contributed by atoms with Crippen LogP contribution in [0.15, 0.2) is 104 Å². The Morgan fingerprint density at radius 2 is 1.62 bits per heavy atom. The maximum absolute atomic E-state index is 14.6. The molecule has 0 N–H and O–H groups in total. The van der Waals surface area contributed by atoms with Gasteiger partial charge in [-0.15, -0.1) is 0 Å². The fourth-order valence-electron chi connectivity index (χ4n) is 4.07. The van der Waals surface area contributed by atoms with Crippen LogP contribution in [0.25, 0.3) is 6.08 Å². The summed E-state index contributed by atoms with van der Waals surface area (Å²) in [6.07, 6.45) is 3.07. The Kier molecular flexibility index (Phi) is 8.68. The minimum absolute atomic E-state index is 0.0455. The molecule has 4 aromatic rings. The first-order chi connectivity index (χ1) is 18.9. The molecular formula is C31H26F2N2O4. The van der Waals surface area contributed by atoms with Crippen LogP contribution < -0.4 is 14.4 Å². The molecule has 0 aliphatic carbocycles. The molecular weight excluding hydrogens is 502 g/mol. The lowest BCUT2D eigenvalue weighted by molar-refractivity contribution is -0.385. The number of nitro groups is 1. The molecule has 0 radical (unpaired) electrons. The number of halogens is 2. The van der Waals surface area contributed by atoms with Crippen molar-refractivity contribution in [3.05, 3.63) is 143 Å². The Balaban J connectivity index is 1.61. The van der Waals surface area contributed by atoms with E-state index in [9.17, 15) is 18.9 Å². The predicted octanol–water partition coefficient (Wildman–Crippen LogP) is 8.08. The molecule has 0 aromatic heterocycles. The van der Waals surface area contributed by atoms with Crippen molar-refractivity contribution in [1.29, 1.82) is 0 Å². The molecule has 0 saturated heterocycles. The van der Waals surface area contributed by atoms with Gasteiger partial charge in [-0.2, -0.15) is 0 Å². The standard InChI is InChI=1S/C31H26F2N2O4/c1-3-17-38-26-7-5-8-27(19-26)39-25-15-11-22(12-16-25)20-34(21-23-13-14-24(32)18-29(23)33)30-9-6-10-31(35(36)37)28(30)4-2/h3-16,18-19H,1-2,17,20-21H2. The Morgan fingerprint density at radius 1 is 0.872 bits per heavy atom. The van der Waals surface area contributed by atoms with Crippen molar-refractivity contribution in [2.24, 2.45) is 0 Å². The summed E-state index contributed by atoms with van der Waals surface area (Å²) in [7, 11) is 0. The Bertz CT molecular complexity index is 1490. The van der Waals surface area contributed by atoms with Crippen molar-refractivity contribution in [1.82, 2.24) is 0 Å². The van der Waals surface area contributed by atoms with Crippen LogP contribution in [0.4, 0.5) is 20.2 Å². The first kappa shape index (κ1) is 27.1. The van der Waals surface area contributed by atoms with Gasteiger partial charge in [-0.1, -0.05) is 55.6 Å². The Labute approximate surface area is 225 Å². The van der Waals surface area contributed by atoms with Gasteiger partial charge in [0.1, 0.15) is 35.5 Å². The molecule has 0 bridgehead atoms. The zero-order valence-electron chi connectivity index (χ0n) is 21.1. The molecule has 0 aliphatic rings. The zero-order valence-corrected chi connectivity index (χ0v) is 21.1. The number of benzene rings is 4. The van der Waals surface area contributed by atoms with E-state index in [0.717, 1.165) is 11.6 Å². The van der Waals surface area contributed by atoms with E-state index in [1.807, 2.05) is 30.3 Å². The van der Waals surface area contributed by atoms with Gasteiger partial charge in [-0.25, -0.2) is 8.78 Å². The monoisotopic (exact) mass is 528 g/mol. The summed E-state index contributed by atoms with van der Waals surface area (Å²) in [5.74, 6) is 0.470. The fourth-order valence-corrected chi connectivity index (χ4v) is 4.07. The van der Waals surface area contributed by atoms with E-state index in [-0.39, 0.29) is 24.3 Å². The third-order valence-corrected chi connectivity index (χ3v) is 5.88. The highest BCUT2D eigenvalue weighted by Crippen LogP contribution is 2.33. The van der Waals surface area contributed by atoms with Gasteiger partial charge < -0.3 is 14.4 Å². The quantitative estimate of drug-likeness (QED) is 0.106. The molecule has 6 nitrogen and oxygen atoms in total. The SMILES string of the molecule is C=CCOc1cccc(Oc2ccc(CN(Cc3ccc(F)cc3F)c3cccc([N+](=O)[O-])c3C=C)cc2)c1. The second-order valence-electron chi connectivity index (χ2n) is 8.58. The van der Waals surface area contributed by atoms with Crippen LogP contribution >= 0.6 is 0 Å². The van der Waals surface area contributed by atoms with Crippen LogP contribution in [0.5, 0.6) is 17.2 Å². The van der Waals surface area contributed by atoms with Gasteiger partial charge in [0.25, 0.3) is 5.69 Å². The highest BCUT2D eigenvalue weighted by atomic mass is 19.1. The van der Waals surface area contributed by atoms with Crippen molar-refractivity contribution in [3.63, 3.8) is 0 Å². The normalized spacial score (nSPS) is 10.5. The van der Waals surface area contributed by atoms with Gasteiger partial charge in [-0.05, 0) is 42.0 Å². The van der Waals surface area contributed by atoms with Crippen molar-refractivity contribution in [2.45, 2.75) is 13.1 Å². The zero-order chi connectivity index (χ0) is 27.8. The number of rotatable bonds is 12. The fraction of sp³-hybridized carbons (Fsp3) is 0.0968. The summed E-state index contributed by atoms with van der Waals surface area (Å²) in [5.41, 5.74) is 1.78.